The smallest absolute Gasteiger partial charge is 0.240 e. The van der Waals surface area contributed by atoms with Gasteiger partial charge in [-0.3, -0.25) is 4.79 Å². The fourth-order valence-corrected chi connectivity index (χ4v) is 4.97. The topological polar surface area (TPSA) is 119 Å². The minimum atomic E-state index is -3.70. The molecule has 0 spiro atoms. The van der Waals surface area contributed by atoms with Crippen molar-refractivity contribution >= 4 is 32.7 Å². The molecule has 0 unspecified atom stereocenters. The lowest BCUT2D eigenvalue weighted by Gasteiger charge is -2.13. The maximum atomic E-state index is 12.6. The number of nitrogens with zero attached hydrogens (tertiary/aromatic N) is 3. The number of hydrogen-bond donors (Lipinski definition) is 2. The van der Waals surface area contributed by atoms with Gasteiger partial charge in [-0.2, -0.15) is 5.10 Å². The van der Waals surface area contributed by atoms with Crippen LogP contribution in [0.1, 0.15) is 48.9 Å². The molecule has 0 atom stereocenters. The van der Waals surface area contributed by atoms with Crippen LogP contribution in [-0.2, 0) is 27.8 Å². The third-order valence-corrected chi connectivity index (χ3v) is 7.31. The number of nitrogens with one attached hydrogen (secondary N) is 2. The van der Waals surface area contributed by atoms with E-state index in [2.05, 4.69) is 29.0 Å². The van der Waals surface area contributed by atoms with Gasteiger partial charge in [0.25, 0.3) is 0 Å². The molecule has 9 nitrogen and oxygen atoms in total. The molecule has 1 amide bonds. The molecule has 10 heteroatoms. The summed E-state index contributed by atoms with van der Waals surface area (Å²) in [5, 5.41) is 8.29. The number of aromatic nitrogens is 3. The van der Waals surface area contributed by atoms with E-state index in [1.165, 1.54) is 18.4 Å². The Labute approximate surface area is 204 Å². The van der Waals surface area contributed by atoms with E-state index in [4.69, 9.17) is 9.40 Å². The standard InChI is InChI=1S/C25H29N5O4S/c1-16(2)30-25-23(15-26-30)17(3)22(18(4)28-25)11-12-24(31)29-19-7-9-21(10-8-19)35(32,33)27-14-20-6-5-13-34-20/h5-10,13,15-16,27H,11-12,14H2,1-4H3,(H,29,31). The van der Waals surface area contributed by atoms with Crippen LogP contribution in [0.25, 0.3) is 11.0 Å². The average molecular weight is 496 g/mol. The summed E-state index contributed by atoms with van der Waals surface area (Å²) in [6.45, 7) is 8.19. The molecule has 0 aliphatic carbocycles. The summed E-state index contributed by atoms with van der Waals surface area (Å²) in [5.74, 6) is 0.361. The Hall–Kier alpha value is -3.50. The minimum absolute atomic E-state index is 0.0611. The van der Waals surface area contributed by atoms with Gasteiger partial charge >= 0.3 is 0 Å². The van der Waals surface area contributed by atoms with Gasteiger partial charge in [-0.15, -0.1) is 0 Å². The molecule has 184 valence electrons. The van der Waals surface area contributed by atoms with Crippen LogP contribution < -0.4 is 10.0 Å². The molecule has 1 aromatic carbocycles. The molecular formula is C25H29N5O4S. The second kappa shape index (κ2) is 10.0. The van der Waals surface area contributed by atoms with Crippen LogP contribution in [0.5, 0.6) is 0 Å². The summed E-state index contributed by atoms with van der Waals surface area (Å²) < 4.78 is 34.5. The molecule has 2 N–H and O–H groups in total. The predicted octanol–water partition coefficient (Wildman–Crippen LogP) is 4.27. The molecule has 35 heavy (non-hydrogen) atoms. The Morgan fingerprint density at radius 3 is 2.54 bits per heavy atom. The number of fused-ring (bicyclic) bond motifs is 1. The summed E-state index contributed by atoms with van der Waals surface area (Å²) in [6, 6.07) is 9.66. The third-order valence-electron chi connectivity index (χ3n) is 5.89. The SMILES string of the molecule is Cc1nc2c(cnn2C(C)C)c(C)c1CCC(=O)Nc1ccc(S(=O)(=O)NCc2ccco2)cc1. The summed E-state index contributed by atoms with van der Waals surface area (Å²) in [6.07, 6.45) is 4.14. The van der Waals surface area contributed by atoms with E-state index in [9.17, 15) is 13.2 Å². The molecule has 0 saturated heterocycles. The number of sulfonamides is 1. The van der Waals surface area contributed by atoms with Crippen LogP contribution in [0.3, 0.4) is 0 Å². The van der Waals surface area contributed by atoms with Gasteiger partial charge in [0.2, 0.25) is 15.9 Å². The zero-order chi connectivity index (χ0) is 25.2. The van der Waals surface area contributed by atoms with Crippen LogP contribution in [0.15, 0.2) is 58.2 Å². The highest BCUT2D eigenvalue weighted by Gasteiger charge is 2.17. The summed E-state index contributed by atoms with van der Waals surface area (Å²) in [4.78, 5) is 17.4. The van der Waals surface area contributed by atoms with Gasteiger partial charge in [-0.05, 0) is 81.6 Å². The summed E-state index contributed by atoms with van der Waals surface area (Å²) in [7, 11) is -3.70. The van der Waals surface area contributed by atoms with Crippen molar-refractivity contribution in [2.45, 2.75) is 58.0 Å². The molecule has 4 aromatic rings. The minimum Gasteiger partial charge on any atom is -0.468 e. The Bertz CT molecular complexity index is 1440. The van der Waals surface area contributed by atoms with E-state index in [0.29, 0.717) is 17.9 Å². The van der Waals surface area contributed by atoms with Crippen molar-refractivity contribution < 1.29 is 17.6 Å². The van der Waals surface area contributed by atoms with Crippen LogP contribution >= 0.6 is 0 Å². The number of carbonyl (C=O) groups excluding carboxylic acids is 1. The summed E-state index contributed by atoms with van der Waals surface area (Å²) in [5.41, 5.74) is 4.41. The zero-order valence-corrected chi connectivity index (χ0v) is 21.0. The van der Waals surface area contributed by atoms with Gasteiger partial charge < -0.3 is 9.73 Å². The maximum Gasteiger partial charge on any atom is 0.240 e. The first-order valence-corrected chi connectivity index (χ1v) is 12.9. The van der Waals surface area contributed by atoms with Crippen LogP contribution in [-0.4, -0.2) is 29.1 Å². The first-order valence-electron chi connectivity index (χ1n) is 11.4. The number of amides is 1. The van der Waals surface area contributed by atoms with E-state index >= 15 is 0 Å². The second-order valence-electron chi connectivity index (χ2n) is 8.70. The fourth-order valence-electron chi connectivity index (χ4n) is 3.98. The number of pyridine rings is 1. The monoisotopic (exact) mass is 495 g/mol. The van der Waals surface area contributed by atoms with Crippen molar-refractivity contribution in [1.82, 2.24) is 19.5 Å². The molecule has 0 saturated carbocycles. The number of benzene rings is 1. The lowest BCUT2D eigenvalue weighted by molar-refractivity contribution is -0.116. The number of aryl methyl sites for hydroxylation is 2. The molecule has 3 heterocycles. The van der Waals surface area contributed by atoms with Crippen LogP contribution in [0.2, 0.25) is 0 Å². The van der Waals surface area contributed by atoms with Gasteiger partial charge in [-0.25, -0.2) is 22.8 Å². The zero-order valence-electron chi connectivity index (χ0n) is 20.2. The van der Waals surface area contributed by atoms with Gasteiger partial charge in [0.05, 0.1) is 23.9 Å². The van der Waals surface area contributed by atoms with Crippen molar-refractivity contribution in [2.75, 3.05) is 5.32 Å². The molecule has 4 rings (SSSR count). The molecule has 0 bridgehead atoms. The normalized spacial score (nSPS) is 11.9. The Balaban J connectivity index is 1.38. The van der Waals surface area contributed by atoms with Crippen LogP contribution in [0.4, 0.5) is 5.69 Å². The fraction of sp³-hybridized carbons (Fsp3) is 0.320. The molecule has 0 aliphatic heterocycles. The lowest BCUT2D eigenvalue weighted by Crippen LogP contribution is -2.23. The van der Waals surface area contributed by atoms with Crippen molar-refractivity contribution in [2.24, 2.45) is 0 Å². The van der Waals surface area contributed by atoms with E-state index < -0.39 is 10.0 Å². The van der Waals surface area contributed by atoms with E-state index in [1.54, 1.807) is 24.3 Å². The van der Waals surface area contributed by atoms with Gasteiger partial charge in [-0.1, -0.05) is 0 Å². The second-order valence-corrected chi connectivity index (χ2v) is 10.5. The van der Waals surface area contributed by atoms with Crippen molar-refractivity contribution in [3.8, 4) is 0 Å². The van der Waals surface area contributed by atoms with E-state index in [0.717, 1.165) is 27.9 Å². The van der Waals surface area contributed by atoms with E-state index in [1.807, 2.05) is 24.7 Å². The first kappa shape index (κ1) is 24.6. The Morgan fingerprint density at radius 1 is 1.14 bits per heavy atom. The first-order chi connectivity index (χ1) is 16.7. The number of hydrogen-bond acceptors (Lipinski definition) is 6. The molecule has 0 aliphatic rings. The largest absolute Gasteiger partial charge is 0.468 e. The highest BCUT2D eigenvalue weighted by molar-refractivity contribution is 7.89. The third kappa shape index (κ3) is 5.44. The maximum absolute atomic E-state index is 12.6. The number of carbonyl (C=O) groups is 1. The van der Waals surface area contributed by atoms with E-state index in [-0.39, 0.29) is 29.8 Å². The Morgan fingerprint density at radius 2 is 1.89 bits per heavy atom. The number of furan rings is 1. The molecular weight excluding hydrogens is 466 g/mol. The highest BCUT2D eigenvalue weighted by atomic mass is 32.2. The van der Waals surface area contributed by atoms with Crippen molar-refractivity contribution in [3.63, 3.8) is 0 Å². The number of anilines is 1. The molecule has 0 fully saturated rings. The van der Waals surface area contributed by atoms with Crippen molar-refractivity contribution in [1.29, 1.82) is 0 Å². The summed E-state index contributed by atoms with van der Waals surface area (Å²) >= 11 is 0. The van der Waals surface area contributed by atoms with Gasteiger partial charge in [0.15, 0.2) is 5.65 Å². The Kier molecular flexibility index (Phi) is 7.04. The highest BCUT2D eigenvalue weighted by Crippen LogP contribution is 2.25. The lowest BCUT2D eigenvalue weighted by atomic mass is 10.0. The predicted molar refractivity (Wildman–Crippen MR) is 134 cm³/mol. The van der Waals surface area contributed by atoms with Gasteiger partial charge in [0.1, 0.15) is 5.76 Å². The van der Waals surface area contributed by atoms with Gasteiger partial charge in [0, 0.05) is 29.2 Å². The number of rotatable bonds is 9. The molecule has 0 radical (unpaired) electrons. The quantitative estimate of drug-likeness (QED) is 0.358. The molecule has 3 aromatic heterocycles. The average Bonchev–Trinajstić information content (AvgIpc) is 3.48. The van der Waals surface area contributed by atoms with Crippen molar-refractivity contribution in [3.05, 3.63) is 71.4 Å². The van der Waals surface area contributed by atoms with Crippen LogP contribution in [0, 0.1) is 13.8 Å².